The van der Waals surface area contributed by atoms with Gasteiger partial charge in [-0.1, -0.05) is 13.8 Å². The third-order valence-electron chi connectivity index (χ3n) is 1.55. The molecular weight excluding hydrogens is 156 g/mol. The monoisotopic (exact) mass is 170 g/mol. The lowest BCUT2D eigenvalue weighted by atomic mass is 10.1. The standard InChI is InChI=1S/C8H14N2S/c1-6(2)3-8-7(4-9)5-11-10-8/h5-6H,3-4,9H2,1-2H3. The predicted octanol–water partition coefficient (Wildman–Crippen LogP) is 1.80. The van der Waals surface area contributed by atoms with E-state index in [-0.39, 0.29) is 0 Å². The van der Waals surface area contributed by atoms with Gasteiger partial charge in [-0.3, -0.25) is 0 Å². The van der Waals surface area contributed by atoms with Crippen LogP contribution >= 0.6 is 11.5 Å². The van der Waals surface area contributed by atoms with Crippen LogP contribution in [-0.2, 0) is 13.0 Å². The van der Waals surface area contributed by atoms with Crippen LogP contribution in [0, 0.1) is 5.92 Å². The van der Waals surface area contributed by atoms with Crippen molar-refractivity contribution in [1.82, 2.24) is 4.37 Å². The van der Waals surface area contributed by atoms with Crippen LogP contribution in [0.2, 0.25) is 0 Å². The third-order valence-corrected chi connectivity index (χ3v) is 2.27. The second-order valence-corrected chi connectivity index (χ2v) is 3.72. The number of nitrogens with zero attached hydrogens (tertiary/aromatic N) is 1. The van der Waals surface area contributed by atoms with Gasteiger partial charge in [0.2, 0.25) is 0 Å². The summed E-state index contributed by atoms with van der Waals surface area (Å²) < 4.78 is 4.29. The van der Waals surface area contributed by atoms with Crippen LogP contribution in [0.4, 0.5) is 0 Å². The lowest BCUT2D eigenvalue weighted by molar-refractivity contribution is 0.635. The Kier molecular flexibility index (Phi) is 3.02. The first-order valence-corrected chi connectivity index (χ1v) is 4.70. The molecule has 1 rings (SSSR count). The van der Waals surface area contributed by atoms with Crippen LogP contribution in [0.1, 0.15) is 25.1 Å². The molecule has 62 valence electrons. The zero-order valence-corrected chi connectivity index (χ0v) is 7.82. The van der Waals surface area contributed by atoms with Crippen molar-refractivity contribution in [2.45, 2.75) is 26.8 Å². The predicted molar refractivity (Wildman–Crippen MR) is 48.5 cm³/mol. The van der Waals surface area contributed by atoms with Gasteiger partial charge in [0, 0.05) is 11.9 Å². The van der Waals surface area contributed by atoms with Crippen molar-refractivity contribution < 1.29 is 0 Å². The number of hydrogen-bond acceptors (Lipinski definition) is 3. The molecule has 0 spiro atoms. The summed E-state index contributed by atoms with van der Waals surface area (Å²) in [5.74, 6) is 0.669. The highest BCUT2D eigenvalue weighted by atomic mass is 32.1. The Bertz CT molecular complexity index is 218. The van der Waals surface area contributed by atoms with Crippen molar-refractivity contribution in [2.24, 2.45) is 11.7 Å². The van der Waals surface area contributed by atoms with Gasteiger partial charge >= 0.3 is 0 Å². The van der Waals surface area contributed by atoms with E-state index in [1.54, 1.807) is 0 Å². The molecule has 0 atom stereocenters. The summed E-state index contributed by atoms with van der Waals surface area (Å²) in [7, 11) is 0. The molecule has 3 heteroatoms. The molecule has 0 bridgehead atoms. The maximum atomic E-state index is 5.54. The highest BCUT2D eigenvalue weighted by Crippen LogP contribution is 2.13. The van der Waals surface area contributed by atoms with E-state index in [9.17, 15) is 0 Å². The molecule has 0 unspecified atom stereocenters. The zero-order chi connectivity index (χ0) is 8.27. The minimum Gasteiger partial charge on any atom is -0.326 e. The van der Waals surface area contributed by atoms with Crippen LogP contribution in [0.15, 0.2) is 5.38 Å². The number of hydrogen-bond donors (Lipinski definition) is 1. The average Bonchev–Trinajstić information content (AvgIpc) is 2.34. The van der Waals surface area contributed by atoms with E-state index >= 15 is 0 Å². The van der Waals surface area contributed by atoms with Crippen molar-refractivity contribution >= 4 is 11.5 Å². The topological polar surface area (TPSA) is 38.9 Å². The lowest BCUT2D eigenvalue weighted by Gasteiger charge is -2.02. The maximum Gasteiger partial charge on any atom is 0.0589 e. The fraction of sp³-hybridized carbons (Fsp3) is 0.625. The first-order valence-electron chi connectivity index (χ1n) is 3.86. The molecule has 0 saturated carbocycles. The molecule has 0 aromatic carbocycles. The fourth-order valence-electron chi connectivity index (χ4n) is 1.00. The van der Waals surface area contributed by atoms with E-state index in [2.05, 4.69) is 18.2 Å². The van der Waals surface area contributed by atoms with Crippen LogP contribution in [0.5, 0.6) is 0 Å². The van der Waals surface area contributed by atoms with E-state index in [0.29, 0.717) is 12.5 Å². The molecule has 1 heterocycles. The summed E-state index contributed by atoms with van der Waals surface area (Å²) in [6.45, 7) is 5.01. The lowest BCUT2D eigenvalue weighted by Crippen LogP contribution is -2.02. The molecule has 1 aromatic heterocycles. The molecule has 0 radical (unpaired) electrons. The van der Waals surface area contributed by atoms with E-state index in [0.717, 1.165) is 6.42 Å². The molecule has 2 nitrogen and oxygen atoms in total. The van der Waals surface area contributed by atoms with Crippen molar-refractivity contribution in [3.05, 3.63) is 16.6 Å². The molecule has 2 N–H and O–H groups in total. The minimum atomic E-state index is 0.624. The second-order valence-electron chi connectivity index (χ2n) is 3.09. The van der Waals surface area contributed by atoms with Gasteiger partial charge in [0.15, 0.2) is 0 Å². The summed E-state index contributed by atoms with van der Waals surface area (Å²) >= 11 is 1.50. The quantitative estimate of drug-likeness (QED) is 0.751. The van der Waals surface area contributed by atoms with Gasteiger partial charge in [-0.2, -0.15) is 4.37 Å². The van der Waals surface area contributed by atoms with Gasteiger partial charge in [-0.05, 0) is 29.4 Å². The van der Waals surface area contributed by atoms with Gasteiger partial charge in [0.05, 0.1) is 5.69 Å². The zero-order valence-electron chi connectivity index (χ0n) is 7.00. The molecule has 0 aliphatic rings. The molecule has 0 saturated heterocycles. The highest BCUT2D eigenvalue weighted by molar-refractivity contribution is 7.03. The van der Waals surface area contributed by atoms with Crippen molar-refractivity contribution in [3.63, 3.8) is 0 Å². The summed E-state index contributed by atoms with van der Waals surface area (Å²) in [5.41, 5.74) is 7.94. The van der Waals surface area contributed by atoms with E-state index < -0.39 is 0 Å². The normalized spacial score (nSPS) is 10.9. The van der Waals surface area contributed by atoms with Crippen LogP contribution in [0.25, 0.3) is 0 Å². The fourth-order valence-corrected chi connectivity index (χ4v) is 1.73. The number of aromatic nitrogens is 1. The molecule has 0 fully saturated rings. The summed E-state index contributed by atoms with van der Waals surface area (Å²) in [5, 5.41) is 2.04. The van der Waals surface area contributed by atoms with E-state index in [1.165, 1.54) is 22.8 Å². The summed E-state index contributed by atoms with van der Waals surface area (Å²) in [6, 6.07) is 0. The third kappa shape index (κ3) is 2.27. The van der Waals surface area contributed by atoms with Gasteiger partial charge < -0.3 is 5.73 Å². The van der Waals surface area contributed by atoms with Crippen molar-refractivity contribution in [1.29, 1.82) is 0 Å². The Morgan fingerprint density at radius 1 is 1.64 bits per heavy atom. The van der Waals surface area contributed by atoms with Crippen molar-refractivity contribution in [3.8, 4) is 0 Å². The molecule has 1 aromatic rings. The highest BCUT2D eigenvalue weighted by Gasteiger charge is 2.05. The number of rotatable bonds is 3. The van der Waals surface area contributed by atoms with Gasteiger partial charge in [-0.25, -0.2) is 0 Å². The van der Waals surface area contributed by atoms with Crippen LogP contribution in [0.3, 0.4) is 0 Å². The first kappa shape index (κ1) is 8.68. The SMILES string of the molecule is CC(C)Cc1nscc1CN. The molecule has 0 aliphatic heterocycles. The molecule has 11 heavy (non-hydrogen) atoms. The van der Waals surface area contributed by atoms with Gasteiger partial charge in [0.25, 0.3) is 0 Å². The Morgan fingerprint density at radius 3 is 2.91 bits per heavy atom. The maximum absolute atomic E-state index is 5.54. The summed E-state index contributed by atoms with van der Waals surface area (Å²) in [6.07, 6.45) is 1.05. The molecular formula is C8H14N2S. The van der Waals surface area contributed by atoms with Crippen LogP contribution < -0.4 is 5.73 Å². The van der Waals surface area contributed by atoms with Gasteiger partial charge in [-0.15, -0.1) is 0 Å². The van der Waals surface area contributed by atoms with Gasteiger partial charge in [0.1, 0.15) is 0 Å². The largest absolute Gasteiger partial charge is 0.326 e. The Labute approximate surface area is 71.6 Å². The molecule has 0 aliphatic carbocycles. The molecule has 0 amide bonds. The average molecular weight is 170 g/mol. The second kappa shape index (κ2) is 3.83. The minimum absolute atomic E-state index is 0.624. The van der Waals surface area contributed by atoms with E-state index in [1.807, 2.05) is 5.38 Å². The van der Waals surface area contributed by atoms with E-state index in [4.69, 9.17) is 5.73 Å². The Morgan fingerprint density at radius 2 is 2.36 bits per heavy atom. The Hall–Kier alpha value is -0.410. The Balaban J connectivity index is 2.68. The smallest absolute Gasteiger partial charge is 0.0589 e. The summed E-state index contributed by atoms with van der Waals surface area (Å²) in [4.78, 5) is 0. The van der Waals surface area contributed by atoms with Crippen molar-refractivity contribution in [2.75, 3.05) is 0 Å². The van der Waals surface area contributed by atoms with Crippen LogP contribution in [-0.4, -0.2) is 4.37 Å². The first-order chi connectivity index (χ1) is 5.24. The number of nitrogens with two attached hydrogens (primary N) is 1.